The Labute approximate surface area is 189 Å². The van der Waals surface area contributed by atoms with E-state index in [1.54, 1.807) is 19.5 Å². The van der Waals surface area contributed by atoms with Crippen molar-refractivity contribution in [1.82, 2.24) is 19.8 Å². The summed E-state index contributed by atoms with van der Waals surface area (Å²) in [6.45, 7) is 2.52. The van der Waals surface area contributed by atoms with Gasteiger partial charge in [0.2, 0.25) is 5.91 Å². The van der Waals surface area contributed by atoms with Crippen molar-refractivity contribution in [2.24, 2.45) is 0 Å². The van der Waals surface area contributed by atoms with Gasteiger partial charge in [-0.1, -0.05) is 18.2 Å². The van der Waals surface area contributed by atoms with E-state index in [9.17, 15) is 4.79 Å². The molecule has 0 spiro atoms. The molecule has 1 aliphatic heterocycles. The van der Waals surface area contributed by atoms with Gasteiger partial charge in [0, 0.05) is 38.4 Å². The number of benzene rings is 1. The topological polar surface area (TPSA) is 71.7 Å². The Balaban J connectivity index is 1.33. The number of hydrogen-bond donors (Lipinski definition) is 0. The fourth-order valence-electron chi connectivity index (χ4n) is 4.17. The molecular formula is C25H30N4O3. The molecule has 7 nitrogen and oxygen atoms in total. The minimum absolute atomic E-state index is 0.135. The van der Waals surface area contributed by atoms with Crippen LogP contribution in [-0.4, -0.2) is 59.5 Å². The summed E-state index contributed by atoms with van der Waals surface area (Å²) in [7, 11) is 3.63. The highest BCUT2D eigenvalue weighted by Crippen LogP contribution is 2.27. The fourth-order valence-corrected chi connectivity index (χ4v) is 4.17. The van der Waals surface area contributed by atoms with Crippen molar-refractivity contribution in [3.8, 4) is 5.75 Å². The van der Waals surface area contributed by atoms with Crippen molar-refractivity contribution in [3.63, 3.8) is 0 Å². The Hall–Kier alpha value is -3.19. The maximum Gasteiger partial charge on any atom is 0.236 e. The van der Waals surface area contributed by atoms with E-state index in [-0.39, 0.29) is 11.8 Å². The highest BCUT2D eigenvalue weighted by molar-refractivity contribution is 5.78. The van der Waals surface area contributed by atoms with Crippen molar-refractivity contribution < 1.29 is 13.9 Å². The number of oxazole rings is 1. The van der Waals surface area contributed by atoms with Crippen molar-refractivity contribution in [2.75, 3.05) is 33.8 Å². The van der Waals surface area contributed by atoms with Gasteiger partial charge in [0.15, 0.2) is 5.89 Å². The lowest BCUT2D eigenvalue weighted by Crippen LogP contribution is -2.43. The summed E-state index contributed by atoms with van der Waals surface area (Å²) in [4.78, 5) is 25.5. The van der Waals surface area contributed by atoms with Gasteiger partial charge in [-0.3, -0.25) is 14.7 Å². The van der Waals surface area contributed by atoms with Crippen LogP contribution in [0.25, 0.3) is 0 Å². The smallest absolute Gasteiger partial charge is 0.236 e. The molecule has 1 fully saturated rings. The Morgan fingerprint density at radius 3 is 2.94 bits per heavy atom. The summed E-state index contributed by atoms with van der Waals surface area (Å²) >= 11 is 0. The van der Waals surface area contributed by atoms with E-state index in [0.29, 0.717) is 26.1 Å². The van der Waals surface area contributed by atoms with Crippen LogP contribution in [0, 0.1) is 0 Å². The molecule has 4 rings (SSSR count). The van der Waals surface area contributed by atoms with Crippen LogP contribution in [0.15, 0.2) is 59.4 Å². The van der Waals surface area contributed by atoms with Gasteiger partial charge in [-0.15, -0.1) is 0 Å². The van der Waals surface area contributed by atoms with Crippen molar-refractivity contribution >= 4 is 5.91 Å². The normalized spacial score (nSPS) is 16.3. The Kier molecular flexibility index (Phi) is 7.17. The molecule has 1 saturated heterocycles. The van der Waals surface area contributed by atoms with Crippen LogP contribution < -0.4 is 4.74 Å². The van der Waals surface area contributed by atoms with E-state index in [1.807, 2.05) is 59.4 Å². The van der Waals surface area contributed by atoms with Gasteiger partial charge < -0.3 is 14.1 Å². The molecule has 3 heterocycles. The first-order valence-electron chi connectivity index (χ1n) is 11.0. The number of methoxy groups -OCH3 is 1. The van der Waals surface area contributed by atoms with E-state index in [4.69, 9.17) is 9.15 Å². The summed E-state index contributed by atoms with van der Waals surface area (Å²) in [5.41, 5.74) is 2.21. The lowest BCUT2D eigenvalue weighted by atomic mass is 9.98. The summed E-state index contributed by atoms with van der Waals surface area (Å²) < 4.78 is 11.4. The third-order valence-corrected chi connectivity index (χ3v) is 5.79. The number of nitrogens with zero attached hydrogens (tertiary/aromatic N) is 4. The van der Waals surface area contributed by atoms with Gasteiger partial charge in [0.25, 0.3) is 0 Å². The molecule has 1 aliphatic rings. The molecule has 0 radical (unpaired) electrons. The molecule has 3 aromatic rings. The van der Waals surface area contributed by atoms with Crippen LogP contribution in [-0.2, 0) is 17.8 Å². The molecule has 1 amide bonds. The molecule has 0 bridgehead atoms. The maximum absolute atomic E-state index is 12.9. The zero-order valence-electron chi connectivity index (χ0n) is 18.7. The molecule has 1 aromatic carbocycles. The Morgan fingerprint density at radius 1 is 1.25 bits per heavy atom. The van der Waals surface area contributed by atoms with Crippen molar-refractivity contribution in [1.29, 1.82) is 0 Å². The lowest BCUT2D eigenvalue weighted by molar-refractivity contribution is -0.133. The number of ether oxygens (including phenoxy) is 1. The quantitative estimate of drug-likeness (QED) is 0.540. The fraction of sp³-hybridized carbons (Fsp3) is 0.400. The third-order valence-electron chi connectivity index (χ3n) is 5.79. The van der Waals surface area contributed by atoms with Gasteiger partial charge >= 0.3 is 0 Å². The van der Waals surface area contributed by atoms with Crippen molar-refractivity contribution in [2.45, 2.75) is 31.7 Å². The lowest BCUT2D eigenvalue weighted by Gasteiger charge is -2.32. The SMILES string of the molecule is COc1cccc(Cc2cnc(C3CCCN(C(=O)CN(C)Cc4cccnc4)C3)o2)c1. The number of amides is 1. The largest absolute Gasteiger partial charge is 0.497 e. The number of carbonyl (C=O) groups excluding carboxylic acids is 1. The number of likely N-dealkylation sites (tertiary alicyclic amines) is 1. The van der Waals surface area contributed by atoms with Gasteiger partial charge in [0.1, 0.15) is 11.5 Å². The number of carbonyl (C=O) groups is 1. The number of aromatic nitrogens is 2. The minimum atomic E-state index is 0.135. The summed E-state index contributed by atoms with van der Waals surface area (Å²) in [6.07, 6.45) is 8.00. The van der Waals surface area contributed by atoms with Crippen LogP contribution in [0.4, 0.5) is 0 Å². The maximum atomic E-state index is 12.9. The monoisotopic (exact) mass is 434 g/mol. The molecule has 0 saturated carbocycles. The van der Waals surface area contributed by atoms with Gasteiger partial charge in [-0.05, 0) is 49.2 Å². The Bertz CT molecular complexity index is 1020. The average molecular weight is 435 g/mol. The second kappa shape index (κ2) is 10.4. The van der Waals surface area contributed by atoms with Crippen LogP contribution in [0.1, 0.15) is 41.5 Å². The number of pyridine rings is 1. The molecule has 0 N–H and O–H groups in total. The summed E-state index contributed by atoms with van der Waals surface area (Å²) in [5, 5.41) is 0. The van der Waals surface area contributed by atoms with Gasteiger partial charge in [-0.2, -0.15) is 0 Å². The average Bonchev–Trinajstić information content (AvgIpc) is 3.28. The van der Waals surface area contributed by atoms with Crippen LogP contribution >= 0.6 is 0 Å². The predicted octanol–water partition coefficient (Wildman–Crippen LogP) is 3.51. The van der Waals surface area contributed by atoms with Crippen LogP contribution in [0.5, 0.6) is 5.75 Å². The number of piperidine rings is 1. The predicted molar refractivity (Wildman–Crippen MR) is 121 cm³/mol. The Morgan fingerprint density at radius 2 is 2.12 bits per heavy atom. The highest BCUT2D eigenvalue weighted by Gasteiger charge is 2.28. The molecule has 7 heteroatoms. The second-order valence-corrected chi connectivity index (χ2v) is 8.41. The van der Waals surface area contributed by atoms with E-state index in [0.717, 1.165) is 47.9 Å². The molecule has 2 aromatic heterocycles. The molecule has 168 valence electrons. The molecule has 1 unspecified atom stereocenters. The van der Waals surface area contributed by atoms with E-state index >= 15 is 0 Å². The summed E-state index contributed by atoms with van der Waals surface area (Å²) in [6, 6.07) is 11.9. The van der Waals surface area contributed by atoms with Crippen LogP contribution in [0.3, 0.4) is 0 Å². The van der Waals surface area contributed by atoms with Crippen molar-refractivity contribution in [3.05, 3.63) is 77.8 Å². The first-order chi connectivity index (χ1) is 15.6. The van der Waals surface area contributed by atoms with E-state index in [1.165, 1.54) is 0 Å². The van der Waals surface area contributed by atoms with Crippen LogP contribution in [0.2, 0.25) is 0 Å². The minimum Gasteiger partial charge on any atom is -0.497 e. The third kappa shape index (κ3) is 5.73. The number of hydrogen-bond acceptors (Lipinski definition) is 6. The van der Waals surface area contributed by atoms with Gasteiger partial charge in [0.05, 0.1) is 25.8 Å². The molecular weight excluding hydrogens is 404 g/mol. The standard InChI is InChI=1S/C25H30N4O3/c1-28(16-20-7-4-10-26-14-20)18-24(30)29-11-5-8-21(17-29)25-27-15-23(32-25)13-19-6-3-9-22(12-19)31-2/h3-4,6-7,9-10,12,14-15,21H,5,8,11,13,16-18H2,1-2H3. The summed E-state index contributed by atoms with van der Waals surface area (Å²) in [5.74, 6) is 2.66. The zero-order chi connectivity index (χ0) is 22.3. The molecule has 0 aliphatic carbocycles. The van der Waals surface area contributed by atoms with E-state index in [2.05, 4.69) is 9.97 Å². The highest BCUT2D eigenvalue weighted by atomic mass is 16.5. The number of rotatable bonds is 8. The first-order valence-corrected chi connectivity index (χ1v) is 11.0. The number of likely N-dealkylation sites (N-methyl/N-ethyl adjacent to an activating group) is 1. The van der Waals surface area contributed by atoms with E-state index < -0.39 is 0 Å². The second-order valence-electron chi connectivity index (χ2n) is 8.41. The van der Waals surface area contributed by atoms with Gasteiger partial charge in [-0.25, -0.2) is 4.98 Å². The molecule has 1 atom stereocenters. The molecule has 32 heavy (non-hydrogen) atoms. The zero-order valence-corrected chi connectivity index (χ0v) is 18.7. The first kappa shape index (κ1) is 22.0.